The molecule has 0 unspecified atom stereocenters. The van der Waals surface area contributed by atoms with Crippen molar-refractivity contribution < 1.29 is 0 Å². The van der Waals surface area contributed by atoms with Crippen LogP contribution in [0.15, 0.2) is 48.7 Å². The van der Waals surface area contributed by atoms with Crippen LogP contribution in [0.5, 0.6) is 0 Å². The van der Waals surface area contributed by atoms with Gasteiger partial charge in [-0.25, -0.2) is 4.98 Å². The second-order valence-corrected chi connectivity index (χ2v) is 4.99. The Kier molecular flexibility index (Phi) is 3.83. The van der Waals surface area contributed by atoms with Crippen molar-refractivity contribution >= 4 is 11.5 Å². The molecule has 0 amide bonds. The van der Waals surface area contributed by atoms with Crippen molar-refractivity contribution in [2.75, 3.05) is 36.0 Å². The standard InChI is InChI=1S/C16H20N4/c17-13-14-5-1-2-6-15(14)19-9-11-20(12-10-19)16-7-3-4-8-18-16/h1-8H,9-13,17H2. The molecule has 0 bridgehead atoms. The summed E-state index contributed by atoms with van der Waals surface area (Å²) < 4.78 is 0. The summed E-state index contributed by atoms with van der Waals surface area (Å²) in [5.74, 6) is 1.07. The minimum atomic E-state index is 0.594. The Labute approximate surface area is 119 Å². The van der Waals surface area contributed by atoms with Crippen LogP contribution in [0.2, 0.25) is 0 Å². The molecule has 104 valence electrons. The van der Waals surface area contributed by atoms with Gasteiger partial charge >= 0.3 is 0 Å². The van der Waals surface area contributed by atoms with Gasteiger partial charge < -0.3 is 15.5 Å². The second-order valence-electron chi connectivity index (χ2n) is 4.99. The van der Waals surface area contributed by atoms with Crippen molar-refractivity contribution in [3.63, 3.8) is 0 Å². The van der Waals surface area contributed by atoms with Crippen molar-refractivity contribution in [1.82, 2.24) is 4.98 Å². The number of rotatable bonds is 3. The Morgan fingerprint density at radius 3 is 2.30 bits per heavy atom. The number of para-hydroxylation sites is 1. The highest BCUT2D eigenvalue weighted by molar-refractivity contribution is 5.55. The van der Waals surface area contributed by atoms with Crippen LogP contribution in [0.25, 0.3) is 0 Å². The Balaban J connectivity index is 1.70. The van der Waals surface area contributed by atoms with Gasteiger partial charge in [0, 0.05) is 44.6 Å². The Hall–Kier alpha value is -2.07. The van der Waals surface area contributed by atoms with Gasteiger partial charge in [-0.3, -0.25) is 0 Å². The van der Waals surface area contributed by atoms with Gasteiger partial charge in [0.15, 0.2) is 0 Å². The van der Waals surface area contributed by atoms with E-state index in [1.807, 2.05) is 18.3 Å². The highest BCUT2D eigenvalue weighted by Gasteiger charge is 2.19. The summed E-state index contributed by atoms with van der Waals surface area (Å²) in [5, 5.41) is 0. The van der Waals surface area contributed by atoms with Gasteiger partial charge in [-0.05, 0) is 23.8 Å². The fourth-order valence-electron chi connectivity index (χ4n) is 2.71. The summed E-state index contributed by atoms with van der Waals surface area (Å²) in [6.07, 6.45) is 1.85. The van der Waals surface area contributed by atoms with Gasteiger partial charge in [0.05, 0.1) is 0 Å². The monoisotopic (exact) mass is 268 g/mol. The zero-order chi connectivity index (χ0) is 13.8. The van der Waals surface area contributed by atoms with Crippen LogP contribution in [0.3, 0.4) is 0 Å². The van der Waals surface area contributed by atoms with E-state index in [4.69, 9.17) is 5.73 Å². The first-order valence-corrected chi connectivity index (χ1v) is 7.07. The van der Waals surface area contributed by atoms with E-state index in [2.05, 4.69) is 45.1 Å². The summed E-state index contributed by atoms with van der Waals surface area (Å²) in [4.78, 5) is 9.17. The summed E-state index contributed by atoms with van der Waals surface area (Å²) in [6, 6.07) is 14.5. The number of piperazine rings is 1. The molecule has 0 radical (unpaired) electrons. The molecule has 1 aliphatic heterocycles. The average molecular weight is 268 g/mol. The number of nitrogens with two attached hydrogens (primary N) is 1. The fraction of sp³-hybridized carbons (Fsp3) is 0.312. The first-order chi connectivity index (χ1) is 9.88. The summed E-state index contributed by atoms with van der Waals surface area (Å²) in [5.41, 5.74) is 8.32. The molecule has 1 aromatic heterocycles. The van der Waals surface area contributed by atoms with Crippen molar-refractivity contribution in [3.8, 4) is 0 Å². The van der Waals surface area contributed by atoms with Crippen LogP contribution in [0, 0.1) is 0 Å². The largest absolute Gasteiger partial charge is 0.368 e. The zero-order valence-electron chi connectivity index (χ0n) is 11.6. The van der Waals surface area contributed by atoms with E-state index in [1.54, 1.807) is 0 Å². The molecule has 1 saturated heterocycles. The lowest BCUT2D eigenvalue weighted by Crippen LogP contribution is -2.47. The first kappa shape index (κ1) is 12.9. The Morgan fingerprint density at radius 2 is 1.60 bits per heavy atom. The third kappa shape index (κ3) is 2.60. The van der Waals surface area contributed by atoms with E-state index in [-0.39, 0.29) is 0 Å². The minimum Gasteiger partial charge on any atom is -0.368 e. The Morgan fingerprint density at radius 1 is 0.900 bits per heavy atom. The normalized spacial score (nSPS) is 15.4. The zero-order valence-corrected chi connectivity index (χ0v) is 11.6. The van der Waals surface area contributed by atoms with Crippen LogP contribution in [0.4, 0.5) is 11.5 Å². The lowest BCUT2D eigenvalue weighted by molar-refractivity contribution is 0.645. The van der Waals surface area contributed by atoms with E-state index < -0.39 is 0 Å². The molecule has 1 fully saturated rings. The molecule has 4 heteroatoms. The minimum absolute atomic E-state index is 0.594. The quantitative estimate of drug-likeness (QED) is 0.923. The SMILES string of the molecule is NCc1ccccc1N1CCN(c2ccccn2)CC1. The van der Waals surface area contributed by atoms with Crippen LogP contribution in [-0.2, 0) is 6.54 Å². The molecular formula is C16H20N4. The molecule has 0 aliphatic carbocycles. The molecule has 0 atom stereocenters. The maximum Gasteiger partial charge on any atom is 0.128 e. The number of benzene rings is 1. The number of hydrogen-bond donors (Lipinski definition) is 1. The number of nitrogens with zero attached hydrogens (tertiary/aromatic N) is 3. The molecule has 20 heavy (non-hydrogen) atoms. The maximum absolute atomic E-state index is 5.83. The molecule has 1 aliphatic rings. The number of aromatic nitrogens is 1. The molecule has 4 nitrogen and oxygen atoms in total. The van der Waals surface area contributed by atoms with Gasteiger partial charge in [-0.2, -0.15) is 0 Å². The van der Waals surface area contributed by atoms with Crippen molar-refractivity contribution in [2.24, 2.45) is 5.73 Å². The lowest BCUT2D eigenvalue weighted by Gasteiger charge is -2.37. The highest BCUT2D eigenvalue weighted by Crippen LogP contribution is 2.22. The van der Waals surface area contributed by atoms with Gasteiger partial charge in [-0.1, -0.05) is 24.3 Å². The van der Waals surface area contributed by atoms with Crippen molar-refractivity contribution in [1.29, 1.82) is 0 Å². The van der Waals surface area contributed by atoms with Crippen molar-refractivity contribution in [3.05, 3.63) is 54.2 Å². The summed E-state index contributed by atoms with van der Waals surface area (Å²) >= 11 is 0. The highest BCUT2D eigenvalue weighted by atomic mass is 15.3. The van der Waals surface area contributed by atoms with Gasteiger partial charge in [0.25, 0.3) is 0 Å². The molecule has 2 heterocycles. The van der Waals surface area contributed by atoms with Crippen molar-refractivity contribution in [2.45, 2.75) is 6.54 Å². The van der Waals surface area contributed by atoms with E-state index in [0.717, 1.165) is 32.0 Å². The number of pyridine rings is 1. The van der Waals surface area contributed by atoms with Crippen LogP contribution in [-0.4, -0.2) is 31.2 Å². The first-order valence-electron chi connectivity index (χ1n) is 7.07. The third-order valence-electron chi connectivity index (χ3n) is 3.81. The van der Waals surface area contributed by atoms with Gasteiger partial charge in [-0.15, -0.1) is 0 Å². The predicted octanol–water partition coefficient (Wildman–Crippen LogP) is 1.87. The van der Waals surface area contributed by atoms with E-state index in [0.29, 0.717) is 6.54 Å². The maximum atomic E-state index is 5.83. The topological polar surface area (TPSA) is 45.4 Å². The summed E-state index contributed by atoms with van der Waals surface area (Å²) in [7, 11) is 0. The molecule has 1 aromatic carbocycles. The Bertz CT molecular complexity index is 547. The van der Waals surface area contributed by atoms with Gasteiger partial charge in [0.1, 0.15) is 5.82 Å². The number of anilines is 2. The van der Waals surface area contributed by atoms with E-state index >= 15 is 0 Å². The molecule has 0 saturated carbocycles. The van der Waals surface area contributed by atoms with Crippen LogP contribution in [0.1, 0.15) is 5.56 Å². The van der Waals surface area contributed by atoms with Crippen LogP contribution >= 0.6 is 0 Å². The molecule has 2 aromatic rings. The average Bonchev–Trinajstić information content (AvgIpc) is 2.56. The molecule has 0 spiro atoms. The fourth-order valence-corrected chi connectivity index (χ4v) is 2.71. The lowest BCUT2D eigenvalue weighted by atomic mass is 10.1. The molecular weight excluding hydrogens is 248 g/mol. The van der Waals surface area contributed by atoms with E-state index in [1.165, 1.54) is 11.3 Å². The predicted molar refractivity (Wildman–Crippen MR) is 83.0 cm³/mol. The van der Waals surface area contributed by atoms with Gasteiger partial charge in [0.2, 0.25) is 0 Å². The molecule has 3 rings (SSSR count). The molecule has 2 N–H and O–H groups in total. The smallest absolute Gasteiger partial charge is 0.128 e. The number of hydrogen-bond acceptors (Lipinski definition) is 4. The van der Waals surface area contributed by atoms with E-state index in [9.17, 15) is 0 Å². The third-order valence-corrected chi connectivity index (χ3v) is 3.81. The van der Waals surface area contributed by atoms with Crippen LogP contribution < -0.4 is 15.5 Å². The second kappa shape index (κ2) is 5.92. The summed E-state index contributed by atoms with van der Waals surface area (Å²) in [6.45, 7) is 4.60.